The van der Waals surface area contributed by atoms with Gasteiger partial charge in [0.2, 0.25) is 10.0 Å². The van der Waals surface area contributed by atoms with E-state index in [0.29, 0.717) is 17.9 Å². The van der Waals surface area contributed by atoms with Gasteiger partial charge in [-0.25, -0.2) is 13.1 Å². The largest absolute Gasteiger partial charge is 0.240 e. The molecule has 24 heavy (non-hydrogen) atoms. The first-order chi connectivity index (χ1) is 11.3. The van der Waals surface area contributed by atoms with E-state index in [1.165, 1.54) is 5.19 Å². The van der Waals surface area contributed by atoms with E-state index in [4.69, 9.17) is 0 Å². The first kappa shape index (κ1) is 18.6. The van der Waals surface area contributed by atoms with Gasteiger partial charge in [-0.1, -0.05) is 78.1 Å². The lowest BCUT2D eigenvalue weighted by molar-refractivity contribution is 0.582. The molecular formula is C19H25NO2SSi. The minimum atomic E-state index is -3.42. The Morgan fingerprint density at radius 3 is 2.25 bits per heavy atom. The van der Waals surface area contributed by atoms with Crippen LogP contribution >= 0.6 is 0 Å². The van der Waals surface area contributed by atoms with Gasteiger partial charge in [-0.3, -0.25) is 0 Å². The zero-order chi connectivity index (χ0) is 17.6. The van der Waals surface area contributed by atoms with E-state index in [2.05, 4.69) is 53.9 Å². The molecule has 0 amide bonds. The Balaban J connectivity index is 1.89. The minimum Gasteiger partial charge on any atom is -0.211 e. The summed E-state index contributed by atoms with van der Waals surface area (Å²) < 4.78 is 27.1. The van der Waals surface area contributed by atoms with Crippen LogP contribution in [0.4, 0.5) is 0 Å². The molecule has 0 radical (unpaired) electrons. The maximum atomic E-state index is 12.2. The molecule has 0 fully saturated rings. The lowest BCUT2D eigenvalue weighted by Crippen LogP contribution is -2.39. The molecule has 2 aromatic carbocycles. The Hall–Kier alpha value is -1.69. The molecule has 0 aliphatic rings. The van der Waals surface area contributed by atoms with Gasteiger partial charge in [0.1, 0.15) is 8.07 Å². The second-order valence-corrected chi connectivity index (χ2v) is 12.6. The van der Waals surface area contributed by atoms with Crippen molar-refractivity contribution in [2.24, 2.45) is 0 Å². The lowest BCUT2D eigenvalue weighted by Gasteiger charge is -2.18. The molecule has 5 heteroatoms. The van der Waals surface area contributed by atoms with Gasteiger partial charge in [0.05, 0.1) is 4.90 Å². The van der Waals surface area contributed by atoms with Crippen LogP contribution in [0.25, 0.3) is 0 Å². The molecule has 0 aromatic heterocycles. The molecular weight excluding hydrogens is 334 g/mol. The summed E-state index contributed by atoms with van der Waals surface area (Å²) >= 11 is 0. The summed E-state index contributed by atoms with van der Waals surface area (Å²) in [5.74, 6) is 0. The fourth-order valence-electron chi connectivity index (χ4n) is 2.42. The van der Waals surface area contributed by atoms with Gasteiger partial charge >= 0.3 is 0 Å². The van der Waals surface area contributed by atoms with E-state index in [-0.39, 0.29) is 0 Å². The third-order valence-corrected chi connectivity index (χ3v) is 8.35. The normalized spacial score (nSPS) is 12.6. The Kier molecular flexibility index (Phi) is 6.15. The summed E-state index contributed by atoms with van der Waals surface area (Å²) in [6, 6.07) is 17.4. The van der Waals surface area contributed by atoms with Crippen molar-refractivity contribution in [3.63, 3.8) is 0 Å². The molecule has 0 saturated carbocycles. The van der Waals surface area contributed by atoms with Crippen molar-refractivity contribution in [1.29, 1.82) is 0 Å². The third-order valence-electron chi connectivity index (χ3n) is 3.99. The topological polar surface area (TPSA) is 46.2 Å². The molecule has 3 nitrogen and oxygen atoms in total. The number of benzene rings is 2. The van der Waals surface area contributed by atoms with Crippen LogP contribution in [-0.2, 0) is 10.0 Å². The third kappa shape index (κ3) is 5.16. The number of nitrogens with one attached hydrogen (secondary N) is 1. The van der Waals surface area contributed by atoms with Gasteiger partial charge in [-0.05, 0) is 25.5 Å². The smallest absolute Gasteiger partial charge is 0.211 e. The quantitative estimate of drug-likeness (QED) is 0.608. The molecule has 0 aliphatic carbocycles. The van der Waals surface area contributed by atoms with Crippen LogP contribution in [0.2, 0.25) is 13.1 Å². The maximum Gasteiger partial charge on any atom is 0.240 e. The zero-order valence-electron chi connectivity index (χ0n) is 14.5. The molecule has 2 rings (SSSR count). The molecule has 0 spiro atoms. The van der Waals surface area contributed by atoms with Gasteiger partial charge in [0, 0.05) is 6.54 Å². The SMILES string of the molecule is Cc1ccc(S(=O)(=O)NCC/C=C\[Si](C)(C)c2ccccc2)cc1. The number of rotatable bonds is 7. The minimum absolute atomic E-state index is 0.316. The summed E-state index contributed by atoms with van der Waals surface area (Å²) in [6.07, 6.45) is 2.78. The van der Waals surface area contributed by atoms with Crippen LogP contribution in [0.1, 0.15) is 12.0 Å². The zero-order valence-corrected chi connectivity index (χ0v) is 16.3. The summed E-state index contributed by atoms with van der Waals surface area (Å²) in [5.41, 5.74) is 3.31. The lowest BCUT2D eigenvalue weighted by atomic mass is 10.2. The first-order valence-electron chi connectivity index (χ1n) is 8.11. The van der Waals surface area contributed by atoms with Crippen molar-refractivity contribution < 1.29 is 8.42 Å². The van der Waals surface area contributed by atoms with E-state index in [1.54, 1.807) is 12.1 Å². The van der Waals surface area contributed by atoms with Crippen molar-refractivity contribution in [1.82, 2.24) is 4.72 Å². The standard InChI is InChI=1S/C19H25NO2SSi/c1-17-11-13-18(14-12-17)23(21,22)20-15-7-8-16-24(2,3)19-9-5-4-6-10-19/h4-6,8-14,16,20H,7,15H2,1-3H3/b16-8-. The highest BCUT2D eigenvalue weighted by molar-refractivity contribution is 7.89. The fourth-order valence-corrected chi connectivity index (χ4v) is 5.47. The molecule has 2 aromatic rings. The molecule has 128 valence electrons. The molecule has 0 bridgehead atoms. The summed E-state index contributed by atoms with van der Waals surface area (Å²) in [5, 5.41) is 1.38. The Morgan fingerprint density at radius 1 is 1.00 bits per heavy atom. The molecule has 0 heterocycles. The van der Waals surface area contributed by atoms with Crippen LogP contribution in [0.15, 0.2) is 71.3 Å². The predicted octanol–water partition coefficient (Wildman–Crippen LogP) is 3.37. The van der Waals surface area contributed by atoms with E-state index < -0.39 is 18.1 Å². The second-order valence-electron chi connectivity index (χ2n) is 6.49. The monoisotopic (exact) mass is 359 g/mol. The Morgan fingerprint density at radius 2 is 1.62 bits per heavy atom. The van der Waals surface area contributed by atoms with Crippen molar-refractivity contribution >= 4 is 23.3 Å². The number of hydrogen-bond acceptors (Lipinski definition) is 2. The highest BCUT2D eigenvalue weighted by atomic mass is 32.2. The molecule has 0 saturated heterocycles. The van der Waals surface area contributed by atoms with E-state index in [1.807, 2.05) is 25.1 Å². The Labute approximate surface area is 146 Å². The summed E-state index contributed by atoms with van der Waals surface area (Å²) in [7, 11) is -5.02. The van der Waals surface area contributed by atoms with E-state index in [0.717, 1.165) is 5.56 Å². The van der Waals surface area contributed by atoms with Crippen LogP contribution in [0, 0.1) is 6.92 Å². The van der Waals surface area contributed by atoms with Crippen LogP contribution in [-0.4, -0.2) is 23.0 Å². The van der Waals surface area contributed by atoms with Gasteiger partial charge in [0.25, 0.3) is 0 Å². The highest BCUT2D eigenvalue weighted by Gasteiger charge is 2.18. The van der Waals surface area contributed by atoms with Crippen molar-refractivity contribution in [3.8, 4) is 0 Å². The van der Waals surface area contributed by atoms with Crippen molar-refractivity contribution in [3.05, 3.63) is 71.9 Å². The summed E-state index contributed by atoms with van der Waals surface area (Å²) in [6.45, 7) is 6.92. The predicted molar refractivity (Wildman–Crippen MR) is 104 cm³/mol. The maximum absolute atomic E-state index is 12.2. The molecule has 0 atom stereocenters. The van der Waals surface area contributed by atoms with E-state index in [9.17, 15) is 8.42 Å². The molecule has 0 aliphatic heterocycles. The van der Waals surface area contributed by atoms with Gasteiger partial charge in [-0.2, -0.15) is 0 Å². The van der Waals surface area contributed by atoms with Gasteiger partial charge < -0.3 is 0 Å². The number of hydrogen-bond donors (Lipinski definition) is 1. The van der Waals surface area contributed by atoms with Crippen LogP contribution < -0.4 is 9.91 Å². The molecule has 1 N–H and O–H groups in total. The number of aryl methyl sites for hydroxylation is 1. The highest BCUT2D eigenvalue weighted by Crippen LogP contribution is 2.10. The van der Waals surface area contributed by atoms with E-state index >= 15 is 0 Å². The van der Waals surface area contributed by atoms with Gasteiger partial charge in [-0.15, -0.1) is 0 Å². The van der Waals surface area contributed by atoms with Crippen LogP contribution in [0.3, 0.4) is 0 Å². The number of sulfonamides is 1. The van der Waals surface area contributed by atoms with Crippen molar-refractivity contribution in [2.75, 3.05) is 6.54 Å². The van der Waals surface area contributed by atoms with Gasteiger partial charge in [0.15, 0.2) is 0 Å². The first-order valence-corrected chi connectivity index (χ1v) is 12.7. The average Bonchev–Trinajstić information content (AvgIpc) is 2.55. The van der Waals surface area contributed by atoms with Crippen molar-refractivity contribution in [2.45, 2.75) is 31.3 Å². The fraction of sp³-hybridized carbons (Fsp3) is 0.263. The van der Waals surface area contributed by atoms with Crippen LogP contribution in [0.5, 0.6) is 0 Å². The average molecular weight is 360 g/mol. The second kappa shape index (κ2) is 7.92. The molecule has 0 unspecified atom stereocenters. The Bertz CT molecular complexity index is 782. The summed E-state index contributed by atoms with van der Waals surface area (Å²) in [4.78, 5) is 0.316.